The first-order valence-corrected chi connectivity index (χ1v) is 11.8. The first-order chi connectivity index (χ1) is 15.4. The maximum atomic E-state index is 13.6. The number of ketones is 1. The van der Waals surface area contributed by atoms with Gasteiger partial charge in [0.1, 0.15) is 0 Å². The normalized spacial score (nSPS) is 29.2. The maximum absolute atomic E-state index is 13.6. The van der Waals surface area contributed by atoms with Crippen LogP contribution in [0.5, 0.6) is 0 Å². The second kappa shape index (κ2) is 9.89. The minimum Gasteiger partial charge on any atom is -0.379 e. The number of fused-ring (bicyclic) bond motifs is 1. The number of amides is 3. The first-order valence-electron chi connectivity index (χ1n) is 11.4. The quantitative estimate of drug-likeness (QED) is 0.599. The van der Waals surface area contributed by atoms with E-state index in [4.69, 9.17) is 21.1 Å². The molecule has 1 heterocycles. The molecule has 0 bridgehead atoms. The molecule has 4 atom stereocenters. The highest BCUT2D eigenvalue weighted by Crippen LogP contribution is 2.39. The molecule has 4 rings (SSSR count). The van der Waals surface area contributed by atoms with Crippen molar-refractivity contribution in [2.45, 2.75) is 69.2 Å². The SMILES string of the molecule is COC1CC2C(=O)N(C3CCCCC3)C(=O)N(CC(=O)c3ccc(Cl)cc3)C2CC1OC. The van der Waals surface area contributed by atoms with Crippen LogP contribution in [0.15, 0.2) is 24.3 Å². The Balaban J connectivity index is 1.64. The van der Waals surface area contributed by atoms with Gasteiger partial charge in [-0.15, -0.1) is 0 Å². The Morgan fingerprint density at radius 1 is 1.00 bits per heavy atom. The van der Waals surface area contributed by atoms with E-state index in [9.17, 15) is 14.4 Å². The number of carbonyl (C=O) groups is 3. The Hall–Kier alpha value is -1.96. The van der Waals surface area contributed by atoms with Crippen LogP contribution in [0.25, 0.3) is 0 Å². The topological polar surface area (TPSA) is 76.2 Å². The molecule has 1 saturated heterocycles. The van der Waals surface area contributed by atoms with Crippen LogP contribution in [0.1, 0.15) is 55.3 Å². The highest BCUT2D eigenvalue weighted by molar-refractivity contribution is 6.30. The van der Waals surface area contributed by atoms with Gasteiger partial charge in [0.15, 0.2) is 5.78 Å². The van der Waals surface area contributed by atoms with Crippen molar-refractivity contribution < 1.29 is 23.9 Å². The van der Waals surface area contributed by atoms with Crippen molar-refractivity contribution in [3.8, 4) is 0 Å². The van der Waals surface area contributed by atoms with E-state index in [-0.39, 0.29) is 48.6 Å². The van der Waals surface area contributed by atoms with Gasteiger partial charge in [-0.1, -0.05) is 30.9 Å². The number of hydrogen-bond donors (Lipinski definition) is 0. The third kappa shape index (κ3) is 4.43. The number of carbonyl (C=O) groups excluding carboxylic acids is 3. The molecule has 2 aliphatic carbocycles. The van der Waals surface area contributed by atoms with Crippen LogP contribution in [0.2, 0.25) is 5.02 Å². The van der Waals surface area contributed by atoms with E-state index in [2.05, 4.69) is 0 Å². The molecule has 1 aliphatic heterocycles. The lowest BCUT2D eigenvalue weighted by Crippen LogP contribution is -2.68. The highest BCUT2D eigenvalue weighted by Gasteiger charge is 2.53. The average Bonchev–Trinajstić information content (AvgIpc) is 2.82. The van der Waals surface area contributed by atoms with Crippen LogP contribution in [-0.2, 0) is 14.3 Å². The molecule has 32 heavy (non-hydrogen) atoms. The molecule has 7 nitrogen and oxygen atoms in total. The third-order valence-corrected chi connectivity index (χ3v) is 7.52. The van der Waals surface area contributed by atoms with Crippen LogP contribution in [0.4, 0.5) is 4.79 Å². The minimum atomic E-state index is -0.399. The number of halogens is 1. The van der Waals surface area contributed by atoms with Crippen molar-refractivity contribution in [1.29, 1.82) is 0 Å². The zero-order valence-electron chi connectivity index (χ0n) is 18.7. The zero-order chi connectivity index (χ0) is 22.8. The first kappa shape index (κ1) is 23.2. The minimum absolute atomic E-state index is 0.0772. The number of methoxy groups -OCH3 is 2. The van der Waals surface area contributed by atoms with E-state index in [0.29, 0.717) is 23.4 Å². The van der Waals surface area contributed by atoms with Crippen molar-refractivity contribution in [3.63, 3.8) is 0 Å². The van der Waals surface area contributed by atoms with Crippen molar-refractivity contribution >= 4 is 29.3 Å². The number of nitrogens with zero attached hydrogens (tertiary/aromatic N) is 2. The summed E-state index contributed by atoms with van der Waals surface area (Å²) >= 11 is 5.96. The molecule has 0 spiro atoms. The summed E-state index contributed by atoms with van der Waals surface area (Å²) in [6.07, 6.45) is 5.25. The number of rotatable bonds is 6. The van der Waals surface area contributed by atoms with Crippen molar-refractivity contribution in [2.24, 2.45) is 5.92 Å². The van der Waals surface area contributed by atoms with Gasteiger partial charge in [0.05, 0.1) is 24.7 Å². The van der Waals surface area contributed by atoms with Crippen molar-refractivity contribution in [1.82, 2.24) is 9.80 Å². The molecule has 2 saturated carbocycles. The second-order valence-electron chi connectivity index (χ2n) is 9.03. The molecule has 0 N–H and O–H groups in total. The van der Waals surface area contributed by atoms with Gasteiger partial charge in [0.2, 0.25) is 5.91 Å². The van der Waals surface area contributed by atoms with E-state index in [1.807, 2.05) is 0 Å². The number of urea groups is 1. The molecule has 3 aliphatic rings. The van der Waals surface area contributed by atoms with Gasteiger partial charge in [-0.05, 0) is 49.9 Å². The maximum Gasteiger partial charge on any atom is 0.327 e. The molecule has 1 aromatic rings. The summed E-state index contributed by atoms with van der Waals surface area (Å²) < 4.78 is 11.2. The van der Waals surface area contributed by atoms with Crippen molar-refractivity contribution in [2.75, 3.05) is 20.8 Å². The van der Waals surface area contributed by atoms with Crippen LogP contribution in [0.3, 0.4) is 0 Å². The molecule has 4 unspecified atom stereocenters. The van der Waals surface area contributed by atoms with E-state index in [1.54, 1.807) is 43.4 Å². The van der Waals surface area contributed by atoms with Crippen LogP contribution >= 0.6 is 11.6 Å². The Morgan fingerprint density at radius 2 is 1.62 bits per heavy atom. The van der Waals surface area contributed by atoms with Crippen LogP contribution in [-0.4, -0.2) is 72.6 Å². The largest absolute Gasteiger partial charge is 0.379 e. The summed E-state index contributed by atoms with van der Waals surface area (Å²) in [7, 11) is 3.23. The smallest absolute Gasteiger partial charge is 0.327 e. The van der Waals surface area contributed by atoms with Crippen LogP contribution < -0.4 is 0 Å². The standard InChI is InChI=1S/C24H31ClN2O5/c1-31-21-12-18-19(13-22(21)32-2)26(14-20(28)15-8-10-16(25)11-9-15)24(30)27(23(18)29)17-6-4-3-5-7-17/h8-11,17-19,21-22H,3-7,12-14H2,1-2H3. The average molecular weight is 463 g/mol. The second-order valence-corrected chi connectivity index (χ2v) is 9.47. The Morgan fingerprint density at radius 3 is 2.25 bits per heavy atom. The van der Waals surface area contributed by atoms with E-state index in [1.165, 1.54) is 4.90 Å². The summed E-state index contributed by atoms with van der Waals surface area (Å²) in [5.41, 5.74) is 0.494. The van der Waals surface area contributed by atoms with Gasteiger partial charge in [-0.3, -0.25) is 14.5 Å². The third-order valence-electron chi connectivity index (χ3n) is 7.27. The van der Waals surface area contributed by atoms with Gasteiger partial charge in [0.25, 0.3) is 0 Å². The Bertz CT molecular complexity index is 854. The van der Waals surface area contributed by atoms with Gasteiger partial charge < -0.3 is 14.4 Å². The number of ether oxygens (including phenoxy) is 2. The fraction of sp³-hybridized carbons (Fsp3) is 0.625. The molecule has 8 heteroatoms. The molecule has 1 aromatic carbocycles. The summed E-state index contributed by atoms with van der Waals surface area (Å²) in [6.45, 7) is -0.0772. The number of hydrogen-bond acceptors (Lipinski definition) is 5. The molecule has 3 amide bonds. The molecular formula is C24H31ClN2O5. The summed E-state index contributed by atoms with van der Waals surface area (Å²) in [5, 5.41) is 0.547. The number of imide groups is 1. The Kier molecular flexibility index (Phi) is 7.17. The lowest BCUT2D eigenvalue weighted by atomic mass is 9.77. The van der Waals surface area contributed by atoms with Gasteiger partial charge in [0, 0.05) is 36.9 Å². The number of benzene rings is 1. The molecular weight excluding hydrogens is 432 g/mol. The Labute approximate surface area is 194 Å². The lowest BCUT2D eigenvalue weighted by Gasteiger charge is -2.51. The van der Waals surface area contributed by atoms with E-state index >= 15 is 0 Å². The molecule has 174 valence electrons. The van der Waals surface area contributed by atoms with E-state index in [0.717, 1.165) is 32.1 Å². The summed E-state index contributed by atoms with van der Waals surface area (Å²) in [5.74, 6) is -0.697. The van der Waals surface area contributed by atoms with Gasteiger partial charge in [-0.25, -0.2) is 4.79 Å². The predicted molar refractivity (Wildman–Crippen MR) is 120 cm³/mol. The van der Waals surface area contributed by atoms with Gasteiger partial charge in [-0.2, -0.15) is 0 Å². The number of Topliss-reactive ketones (excluding diaryl/α,β-unsaturated/α-hetero) is 1. The fourth-order valence-electron chi connectivity index (χ4n) is 5.51. The highest BCUT2D eigenvalue weighted by atomic mass is 35.5. The summed E-state index contributed by atoms with van der Waals surface area (Å²) in [4.78, 5) is 43.3. The molecule has 0 radical (unpaired) electrons. The summed E-state index contributed by atoms with van der Waals surface area (Å²) in [6, 6.07) is 5.83. The van der Waals surface area contributed by atoms with E-state index < -0.39 is 5.92 Å². The predicted octanol–water partition coefficient (Wildman–Crippen LogP) is 3.93. The van der Waals surface area contributed by atoms with Crippen molar-refractivity contribution in [3.05, 3.63) is 34.9 Å². The zero-order valence-corrected chi connectivity index (χ0v) is 19.4. The monoisotopic (exact) mass is 462 g/mol. The van der Waals surface area contributed by atoms with Crippen LogP contribution in [0, 0.1) is 5.92 Å². The fourth-order valence-corrected chi connectivity index (χ4v) is 5.64. The molecule has 3 fully saturated rings. The molecule has 0 aromatic heterocycles. The lowest BCUT2D eigenvalue weighted by molar-refractivity contribution is -0.153. The van der Waals surface area contributed by atoms with Gasteiger partial charge >= 0.3 is 6.03 Å².